The summed E-state index contributed by atoms with van der Waals surface area (Å²) in [6, 6.07) is 1.71. The average molecular weight is 266 g/mol. The van der Waals surface area contributed by atoms with Gasteiger partial charge in [-0.15, -0.1) is 0 Å². The largest absolute Gasteiger partial charge is 0.481 e. The molecular formula is C12H18N4O3. The van der Waals surface area contributed by atoms with Crippen molar-refractivity contribution in [1.82, 2.24) is 14.9 Å². The molecule has 2 rings (SSSR count). The molecule has 7 heteroatoms. The van der Waals surface area contributed by atoms with Crippen molar-refractivity contribution in [3.63, 3.8) is 0 Å². The Labute approximate surface area is 111 Å². The fraction of sp³-hybridized carbons (Fsp3) is 0.583. The molecule has 0 atom stereocenters. The molecule has 104 valence electrons. The molecular weight excluding hydrogens is 248 g/mol. The SMILES string of the molecule is COc1ccnc(N2CCN(CCC(=O)O)CC2)n1. The van der Waals surface area contributed by atoms with Crippen LogP contribution in [0.4, 0.5) is 5.95 Å². The summed E-state index contributed by atoms with van der Waals surface area (Å²) in [5.41, 5.74) is 0. The molecule has 0 bridgehead atoms. The summed E-state index contributed by atoms with van der Waals surface area (Å²) in [5.74, 6) is 0.467. The van der Waals surface area contributed by atoms with Crippen molar-refractivity contribution in [1.29, 1.82) is 0 Å². The number of carbonyl (C=O) groups is 1. The Balaban J connectivity index is 1.87. The smallest absolute Gasteiger partial charge is 0.304 e. The second kappa shape index (κ2) is 6.33. The monoisotopic (exact) mass is 266 g/mol. The van der Waals surface area contributed by atoms with Gasteiger partial charge in [0.15, 0.2) is 0 Å². The zero-order valence-corrected chi connectivity index (χ0v) is 10.9. The van der Waals surface area contributed by atoms with Gasteiger partial charge < -0.3 is 14.7 Å². The highest BCUT2D eigenvalue weighted by Gasteiger charge is 2.19. The lowest BCUT2D eigenvalue weighted by molar-refractivity contribution is -0.137. The van der Waals surface area contributed by atoms with Crippen LogP contribution in [0.5, 0.6) is 5.88 Å². The number of methoxy groups -OCH3 is 1. The molecule has 0 saturated carbocycles. The van der Waals surface area contributed by atoms with E-state index in [0.717, 1.165) is 26.2 Å². The molecule has 1 N–H and O–H groups in total. The van der Waals surface area contributed by atoms with E-state index in [1.165, 1.54) is 0 Å². The maximum absolute atomic E-state index is 10.5. The van der Waals surface area contributed by atoms with Crippen LogP contribution in [0.15, 0.2) is 12.3 Å². The van der Waals surface area contributed by atoms with E-state index in [1.807, 2.05) is 0 Å². The van der Waals surface area contributed by atoms with E-state index in [0.29, 0.717) is 18.4 Å². The molecule has 1 fully saturated rings. The molecule has 0 radical (unpaired) electrons. The van der Waals surface area contributed by atoms with E-state index in [1.54, 1.807) is 19.4 Å². The maximum Gasteiger partial charge on any atom is 0.304 e. The van der Waals surface area contributed by atoms with Gasteiger partial charge in [-0.25, -0.2) is 4.98 Å². The van der Waals surface area contributed by atoms with Gasteiger partial charge in [-0.2, -0.15) is 4.98 Å². The summed E-state index contributed by atoms with van der Waals surface area (Å²) < 4.78 is 5.08. The first-order valence-electron chi connectivity index (χ1n) is 6.25. The number of ether oxygens (including phenoxy) is 1. The summed E-state index contributed by atoms with van der Waals surface area (Å²) in [6.45, 7) is 3.85. The highest BCUT2D eigenvalue weighted by molar-refractivity contribution is 5.66. The molecule has 0 amide bonds. The number of anilines is 1. The first-order chi connectivity index (χ1) is 9.19. The third kappa shape index (κ3) is 3.78. The molecule has 7 nitrogen and oxygen atoms in total. The first-order valence-corrected chi connectivity index (χ1v) is 6.25. The second-order valence-electron chi connectivity index (χ2n) is 4.37. The van der Waals surface area contributed by atoms with E-state index in [2.05, 4.69) is 19.8 Å². The van der Waals surface area contributed by atoms with Crippen molar-refractivity contribution >= 4 is 11.9 Å². The average Bonchev–Trinajstić information content (AvgIpc) is 2.45. The van der Waals surface area contributed by atoms with Crippen LogP contribution in [0, 0.1) is 0 Å². The summed E-state index contributed by atoms with van der Waals surface area (Å²) in [5, 5.41) is 8.66. The molecule has 1 aliphatic rings. The van der Waals surface area contributed by atoms with Gasteiger partial charge in [-0.05, 0) is 0 Å². The number of hydrogen-bond acceptors (Lipinski definition) is 6. The predicted octanol–water partition coefficient (Wildman–Crippen LogP) is 0.0819. The molecule has 0 unspecified atom stereocenters. The van der Waals surface area contributed by atoms with Crippen molar-refractivity contribution in [3.8, 4) is 5.88 Å². The highest BCUT2D eigenvalue weighted by atomic mass is 16.5. The van der Waals surface area contributed by atoms with Gasteiger partial charge >= 0.3 is 5.97 Å². The minimum absolute atomic E-state index is 0.190. The van der Waals surface area contributed by atoms with Crippen LogP contribution in [0.1, 0.15) is 6.42 Å². The number of piperazine rings is 1. The Morgan fingerprint density at radius 1 is 1.42 bits per heavy atom. The number of aliphatic carboxylic acids is 1. The number of carboxylic acids is 1. The molecule has 0 aliphatic carbocycles. The van der Waals surface area contributed by atoms with Crippen molar-refractivity contribution in [3.05, 3.63) is 12.3 Å². The molecule has 0 aromatic carbocycles. The molecule has 2 heterocycles. The molecule has 1 aromatic heterocycles. The fourth-order valence-corrected chi connectivity index (χ4v) is 2.02. The lowest BCUT2D eigenvalue weighted by atomic mass is 10.3. The van der Waals surface area contributed by atoms with E-state index < -0.39 is 5.97 Å². The molecule has 1 aliphatic heterocycles. The van der Waals surface area contributed by atoms with E-state index >= 15 is 0 Å². The van der Waals surface area contributed by atoms with Gasteiger partial charge in [0.1, 0.15) is 0 Å². The minimum Gasteiger partial charge on any atom is -0.481 e. The Morgan fingerprint density at radius 3 is 2.79 bits per heavy atom. The molecule has 19 heavy (non-hydrogen) atoms. The Morgan fingerprint density at radius 2 is 2.16 bits per heavy atom. The van der Waals surface area contributed by atoms with Crippen molar-refractivity contribution < 1.29 is 14.6 Å². The molecule has 0 spiro atoms. The normalized spacial score (nSPS) is 16.4. The first kappa shape index (κ1) is 13.5. The molecule has 1 saturated heterocycles. The summed E-state index contributed by atoms with van der Waals surface area (Å²) in [6.07, 6.45) is 1.87. The van der Waals surface area contributed by atoms with E-state index in [9.17, 15) is 4.79 Å². The van der Waals surface area contributed by atoms with Gasteiger partial charge in [0.2, 0.25) is 11.8 Å². The van der Waals surface area contributed by atoms with Crippen LogP contribution in [-0.4, -0.2) is 65.8 Å². The van der Waals surface area contributed by atoms with E-state index in [4.69, 9.17) is 9.84 Å². The number of nitrogens with zero attached hydrogens (tertiary/aromatic N) is 4. The lowest BCUT2D eigenvalue weighted by Crippen LogP contribution is -2.47. The topological polar surface area (TPSA) is 78.8 Å². The van der Waals surface area contributed by atoms with Gasteiger partial charge in [0.25, 0.3) is 0 Å². The fourth-order valence-electron chi connectivity index (χ4n) is 2.02. The standard InChI is InChI=1S/C12H18N4O3/c1-19-10-2-4-13-12(14-10)16-8-6-15(7-9-16)5-3-11(17)18/h2,4H,3,5-9H2,1H3,(H,17,18). The van der Waals surface area contributed by atoms with Crippen LogP contribution in [0.3, 0.4) is 0 Å². The third-order valence-electron chi connectivity index (χ3n) is 3.12. The van der Waals surface area contributed by atoms with Crippen LogP contribution >= 0.6 is 0 Å². The van der Waals surface area contributed by atoms with E-state index in [-0.39, 0.29) is 6.42 Å². The number of hydrogen-bond donors (Lipinski definition) is 1. The lowest BCUT2D eigenvalue weighted by Gasteiger charge is -2.34. The number of carboxylic acid groups (broad SMARTS) is 1. The van der Waals surface area contributed by atoms with Crippen molar-refractivity contribution in [2.45, 2.75) is 6.42 Å². The number of rotatable bonds is 5. The Hall–Kier alpha value is -1.89. The summed E-state index contributed by atoms with van der Waals surface area (Å²) in [7, 11) is 1.58. The maximum atomic E-state index is 10.5. The zero-order chi connectivity index (χ0) is 13.7. The minimum atomic E-state index is -0.751. The highest BCUT2D eigenvalue weighted by Crippen LogP contribution is 2.14. The van der Waals surface area contributed by atoms with Crippen LogP contribution in [0.2, 0.25) is 0 Å². The summed E-state index contributed by atoms with van der Waals surface area (Å²) in [4.78, 5) is 23.3. The van der Waals surface area contributed by atoms with Crippen molar-refractivity contribution in [2.24, 2.45) is 0 Å². The van der Waals surface area contributed by atoms with Gasteiger partial charge in [-0.3, -0.25) is 9.69 Å². The zero-order valence-electron chi connectivity index (χ0n) is 10.9. The Kier molecular flexibility index (Phi) is 4.51. The van der Waals surface area contributed by atoms with Crippen LogP contribution in [0.25, 0.3) is 0 Å². The molecule has 1 aromatic rings. The Bertz CT molecular complexity index is 433. The van der Waals surface area contributed by atoms with Gasteiger partial charge in [-0.1, -0.05) is 0 Å². The summed E-state index contributed by atoms with van der Waals surface area (Å²) >= 11 is 0. The number of aromatic nitrogens is 2. The predicted molar refractivity (Wildman–Crippen MR) is 69.5 cm³/mol. The van der Waals surface area contributed by atoms with Crippen LogP contribution < -0.4 is 9.64 Å². The third-order valence-corrected chi connectivity index (χ3v) is 3.12. The quantitative estimate of drug-likeness (QED) is 0.808. The van der Waals surface area contributed by atoms with Gasteiger partial charge in [0, 0.05) is 45.0 Å². The van der Waals surface area contributed by atoms with Crippen LogP contribution in [-0.2, 0) is 4.79 Å². The second-order valence-corrected chi connectivity index (χ2v) is 4.37. The van der Waals surface area contributed by atoms with Gasteiger partial charge in [0.05, 0.1) is 13.5 Å². The van der Waals surface area contributed by atoms with Crippen molar-refractivity contribution in [2.75, 3.05) is 44.7 Å².